The van der Waals surface area contributed by atoms with Crippen LogP contribution in [-0.4, -0.2) is 9.13 Å². The van der Waals surface area contributed by atoms with Crippen molar-refractivity contribution >= 4 is 54.3 Å². The van der Waals surface area contributed by atoms with Gasteiger partial charge in [-0.2, -0.15) is 0 Å². The Labute approximate surface area is 278 Å². The summed E-state index contributed by atoms with van der Waals surface area (Å²) in [4.78, 5) is 0. The smallest absolute Gasteiger partial charge is 0.0635 e. The first-order valence-electron chi connectivity index (χ1n) is 16.5. The van der Waals surface area contributed by atoms with Crippen LogP contribution in [0.15, 0.2) is 182 Å². The highest BCUT2D eigenvalue weighted by Gasteiger charge is 2.20. The molecule has 0 radical (unpaired) electrons. The van der Waals surface area contributed by atoms with Gasteiger partial charge < -0.3 is 9.13 Å². The van der Waals surface area contributed by atoms with E-state index in [1.165, 1.54) is 82.2 Å². The first-order valence-corrected chi connectivity index (χ1v) is 16.5. The van der Waals surface area contributed by atoms with E-state index >= 15 is 0 Å². The Hall–Kier alpha value is -6.38. The molecule has 2 heteroatoms. The van der Waals surface area contributed by atoms with E-state index in [1.807, 2.05) is 0 Å². The van der Waals surface area contributed by atoms with Gasteiger partial charge in [-0.25, -0.2) is 0 Å². The summed E-state index contributed by atoms with van der Waals surface area (Å²) in [5.74, 6) is 0. The summed E-state index contributed by atoms with van der Waals surface area (Å²) in [7, 11) is 0. The van der Waals surface area contributed by atoms with Gasteiger partial charge in [0.05, 0.1) is 22.2 Å². The summed E-state index contributed by atoms with van der Waals surface area (Å²) in [6, 6.07) is 64.0. The third kappa shape index (κ3) is 4.06. The monoisotopic (exact) mass is 610 g/mol. The van der Waals surface area contributed by atoms with Gasteiger partial charge in [0.1, 0.15) is 0 Å². The molecule has 2 aromatic heterocycles. The van der Waals surface area contributed by atoms with Crippen molar-refractivity contribution in [2.24, 2.45) is 0 Å². The molecule has 0 amide bonds. The van der Waals surface area contributed by atoms with E-state index < -0.39 is 0 Å². The van der Waals surface area contributed by atoms with E-state index in [4.69, 9.17) is 0 Å². The predicted octanol–water partition coefficient (Wildman–Crippen LogP) is 12.4. The zero-order valence-corrected chi connectivity index (χ0v) is 26.2. The van der Waals surface area contributed by atoms with Crippen LogP contribution in [-0.2, 0) is 0 Å². The number of hydrogen-bond donors (Lipinski definition) is 0. The first-order chi connectivity index (χ1) is 23.8. The molecule has 0 fully saturated rings. The molecule has 48 heavy (non-hydrogen) atoms. The van der Waals surface area contributed by atoms with Gasteiger partial charge >= 0.3 is 0 Å². The average molecular weight is 611 g/mol. The van der Waals surface area contributed by atoms with Crippen LogP contribution in [0, 0.1) is 0 Å². The molecule has 0 aliphatic heterocycles. The lowest BCUT2D eigenvalue weighted by Crippen LogP contribution is -1.98. The second-order valence-corrected chi connectivity index (χ2v) is 12.6. The lowest BCUT2D eigenvalue weighted by molar-refractivity contribution is 1.13. The van der Waals surface area contributed by atoms with Crippen molar-refractivity contribution in [1.82, 2.24) is 9.13 Å². The number of aromatic nitrogens is 2. The Morgan fingerprint density at radius 2 is 0.896 bits per heavy atom. The number of rotatable bonds is 4. The van der Waals surface area contributed by atoms with E-state index in [9.17, 15) is 0 Å². The molecule has 224 valence electrons. The minimum absolute atomic E-state index is 1.14. The Bertz CT molecular complexity index is 2710. The zero-order chi connectivity index (χ0) is 31.6. The van der Waals surface area contributed by atoms with Crippen molar-refractivity contribution in [3.8, 4) is 33.6 Å². The van der Waals surface area contributed by atoms with Crippen molar-refractivity contribution < 1.29 is 0 Å². The molecule has 0 aliphatic rings. The molecule has 0 N–H and O–H groups in total. The molecule has 0 bridgehead atoms. The highest BCUT2D eigenvalue weighted by Crippen LogP contribution is 2.42. The largest absolute Gasteiger partial charge is 0.316 e. The normalized spacial score (nSPS) is 11.8. The van der Waals surface area contributed by atoms with Crippen LogP contribution in [0.2, 0.25) is 0 Å². The van der Waals surface area contributed by atoms with Crippen LogP contribution < -0.4 is 0 Å². The number of para-hydroxylation sites is 1. The topological polar surface area (TPSA) is 9.86 Å². The Morgan fingerprint density at radius 3 is 1.54 bits per heavy atom. The minimum Gasteiger partial charge on any atom is -0.316 e. The second-order valence-electron chi connectivity index (χ2n) is 12.6. The van der Waals surface area contributed by atoms with Gasteiger partial charge in [-0.1, -0.05) is 133 Å². The van der Waals surface area contributed by atoms with Gasteiger partial charge in [0.25, 0.3) is 0 Å². The molecule has 0 spiro atoms. The fourth-order valence-electron chi connectivity index (χ4n) is 7.71. The standard InChI is InChI=1S/C46H30N2/c1-3-13-31(14-4-1)35-28-36(32-15-5-2-6-16-32)30-37(29-35)47-26-25-42-43(47)24-23-41-40-21-11-12-22-44(40)48(46(41)42)45-38-19-9-7-17-33(38)27-34-18-8-10-20-39(34)45/h1-30H. The second kappa shape index (κ2) is 10.6. The maximum Gasteiger partial charge on any atom is 0.0635 e. The predicted molar refractivity (Wildman–Crippen MR) is 203 cm³/mol. The molecule has 0 unspecified atom stereocenters. The van der Waals surface area contributed by atoms with Crippen molar-refractivity contribution in [3.05, 3.63) is 182 Å². The highest BCUT2D eigenvalue weighted by atomic mass is 15.0. The average Bonchev–Trinajstić information content (AvgIpc) is 3.74. The van der Waals surface area contributed by atoms with Crippen LogP contribution >= 0.6 is 0 Å². The van der Waals surface area contributed by atoms with E-state index in [0.717, 1.165) is 5.69 Å². The molecular formula is C46H30N2. The molecule has 8 aromatic carbocycles. The molecule has 0 aliphatic carbocycles. The molecule has 10 aromatic rings. The fourth-order valence-corrected chi connectivity index (χ4v) is 7.71. The number of nitrogens with zero attached hydrogens (tertiary/aromatic N) is 2. The molecule has 2 heterocycles. The summed E-state index contributed by atoms with van der Waals surface area (Å²) in [6.07, 6.45) is 2.24. The van der Waals surface area contributed by atoms with Gasteiger partial charge in [0.2, 0.25) is 0 Å². The molecule has 2 nitrogen and oxygen atoms in total. The summed E-state index contributed by atoms with van der Waals surface area (Å²) in [5.41, 5.74) is 10.8. The highest BCUT2D eigenvalue weighted by molar-refractivity contribution is 6.21. The number of hydrogen-bond acceptors (Lipinski definition) is 0. The van der Waals surface area contributed by atoms with Crippen LogP contribution in [0.4, 0.5) is 0 Å². The van der Waals surface area contributed by atoms with Gasteiger partial charge in [-0.15, -0.1) is 0 Å². The zero-order valence-electron chi connectivity index (χ0n) is 26.2. The van der Waals surface area contributed by atoms with E-state index in [1.54, 1.807) is 0 Å². The summed E-state index contributed by atoms with van der Waals surface area (Å²) >= 11 is 0. The SMILES string of the molecule is c1ccc(-c2cc(-c3ccccc3)cc(-n3ccc4c3ccc3c5ccccc5n(-c5c6ccccc6cc6ccccc56)c34)c2)cc1. The number of benzene rings is 8. The van der Waals surface area contributed by atoms with Crippen molar-refractivity contribution in [2.75, 3.05) is 0 Å². The summed E-state index contributed by atoms with van der Waals surface area (Å²) in [6.45, 7) is 0. The van der Waals surface area contributed by atoms with Gasteiger partial charge in [0, 0.05) is 38.8 Å². The third-order valence-corrected chi connectivity index (χ3v) is 9.88. The Balaban J connectivity index is 1.30. The summed E-state index contributed by atoms with van der Waals surface area (Å²) < 4.78 is 4.88. The number of fused-ring (bicyclic) bond motifs is 7. The quantitative estimate of drug-likeness (QED) is 0.175. The maximum atomic E-state index is 2.53. The first kappa shape index (κ1) is 26.8. The summed E-state index contributed by atoms with van der Waals surface area (Å²) in [5, 5.41) is 8.73. The molecule has 10 rings (SSSR count). The molecular weight excluding hydrogens is 581 g/mol. The van der Waals surface area contributed by atoms with Gasteiger partial charge in [-0.05, 0) is 75.5 Å². The van der Waals surface area contributed by atoms with Crippen LogP contribution in [0.5, 0.6) is 0 Å². The van der Waals surface area contributed by atoms with Gasteiger partial charge in [-0.3, -0.25) is 0 Å². The fraction of sp³-hybridized carbons (Fsp3) is 0. The van der Waals surface area contributed by atoms with Crippen molar-refractivity contribution in [1.29, 1.82) is 0 Å². The van der Waals surface area contributed by atoms with Gasteiger partial charge in [0.15, 0.2) is 0 Å². The lowest BCUT2D eigenvalue weighted by Gasteiger charge is -2.16. The molecule has 0 atom stereocenters. The Kier molecular flexibility index (Phi) is 5.91. The van der Waals surface area contributed by atoms with Crippen LogP contribution in [0.1, 0.15) is 0 Å². The van der Waals surface area contributed by atoms with Crippen LogP contribution in [0.25, 0.3) is 87.9 Å². The Morgan fingerprint density at radius 1 is 0.333 bits per heavy atom. The van der Waals surface area contributed by atoms with E-state index in [0.29, 0.717) is 0 Å². The third-order valence-electron chi connectivity index (χ3n) is 9.88. The van der Waals surface area contributed by atoms with Crippen molar-refractivity contribution in [3.63, 3.8) is 0 Å². The van der Waals surface area contributed by atoms with E-state index in [-0.39, 0.29) is 0 Å². The maximum absolute atomic E-state index is 2.53. The minimum atomic E-state index is 1.14. The van der Waals surface area contributed by atoms with Crippen molar-refractivity contribution in [2.45, 2.75) is 0 Å². The van der Waals surface area contributed by atoms with E-state index in [2.05, 4.69) is 191 Å². The molecule has 0 saturated heterocycles. The lowest BCUT2D eigenvalue weighted by atomic mass is 9.98. The van der Waals surface area contributed by atoms with Crippen LogP contribution in [0.3, 0.4) is 0 Å². The molecule has 0 saturated carbocycles.